The van der Waals surface area contributed by atoms with Gasteiger partial charge in [0.1, 0.15) is 11.4 Å². The summed E-state index contributed by atoms with van der Waals surface area (Å²) in [5, 5.41) is 5.57. The molecule has 1 aliphatic rings. The Morgan fingerprint density at radius 3 is 2.68 bits per heavy atom. The van der Waals surface area contributed by atoms with Crippen molar-refractivity contribution in [2.45, 2.75) is 12.5 Å². The molecule has 25 heavy (non-hydrogen) atoms. The van der Waals surface area contributed by atoms with Crippen LogP contribution in [-0.2, 0) is 15.1 Å². The molecule has 0 aliphatic carbocycles. The Hall–Kier alpha value is -2.93. The van der Waals surface area contributed by atoms with Gasteiger partial charge in [-0.3, -0.25) is 9.59 Å². The molecule has 1 fully saturated rings. The van der Waals surface area contributed by atoms with Crippen LogP contribution in [0.15, 0.2) is 48.7 Å². The lowest BCUT2D eigenvalue weighted by molar-refractivity contribution is -0.121. The fraction of sp³-hybridized carbons (Fsp3) is 0.278. The predicted octanol–water partition coefficient (Wildman–Crippen LogP) is 0.830. The van der Waals surface area contributed by atoms with E-state index in [0.717, 1.165) is 5.56 Å². The zero-order chi connectivity index (χ0) is 17.9. The van der Waals surface area contributed by atoms with Crippen molar-refractivity contribution in [1.82, 2.24) is 10.3 Å². The van der Waals surface area contributed by atoms with E-state index >= 15 is 0 Å². The molecule has 1 atom stereocenters. The lowest BCUT2D eigenvalue weighted by Gasteiger charge is -2.28. The fourth-order valence-electron chi connectivity index (χ4n) is 2.66. The van der Waals surface area contributed by atoms with Crippen molar-refractivity contribution >= 4 is 23.3 Å². The van der Waals surface area contributed by atoms with Crippen LogP contribution in [0.2, 0.25) is 0 Å². The van der Waals surface area contributed by atoms with Crippen molar-refractivity contribution < 1.29 is 9.59 Å². The summed E-state index contributed by atoms with van der Waals surface area (Å²) in [6, 6.07) is 12.8. The maximum Gasteiger partial charge on any atom is 0.248 e. The van der Waals surface area contributed by atoms with E-state index in [0.29, 0.717) is 24.6 Å². The van der Waals surface area contributed by atoms with E-state index in [4.69, 9.17) is 5.73 Å². The van der Waals surface area contributed by atoms with Crippen LogP contribution in [0.1, 0.15) is 12.5 Å². The molecule has 0 bridgehead atoms. The first-order valence-electron chi connectivity index (χ1n) is 8.10. The Morgan fingerprint density at radius 1 is 1.28 bits per heavy atom. The maximum absolute atomic E-state index is 12.5. The Bertz CT molecular complexity index is 759. The van der Waals surface area contributed by atoms with Crippen molar-refractivity contribution in [3.63, 3.8) is 0 Å². The average Bonchev–Trinajstić information content (AvgIpc) is 2.63. The number of anilines is 2. The summed E-state index contributed by atoms with van der Waals surface area (Å²) >= 11 is 0. The van der Waals surface area contributed by atoms with Gasteiger partial charge in [0.05, 0.1) is 18.4 Å². The van der Waals surface area contributed by atoms with E-state index in [1.807, 2.05) is 35.2 Å². The molecule has 1 aromatic heterocycles. The Morgan fingerprint density at radius 2 is 2.04 bits per heavy atom. The van der Waals surface area contributed by atoms with Crippen molar-refractivity contribution in [2.24, 2.45) is 5.73 Å². The van der Waals surface area contributed by atoms with Gasteiger partial charge in [0.15, 0.2) is 0 Å². The number of piperazine rings is 1. The molecular weight excluding hydrogens is 318 g/mol. The summed E-state index contributed by atoms with van der Waals surface area (Å²) < 4.78 is 0. The van der Waals surface area contributed by atoms with E-state index in [1.165, 1.54) is 0 Å². The van der Waals surface area contributed by atoms with Crippen LogP contribution in [0.4, 0.5) is 11.5 Å². The van der Waals surface area contributed by atoms with Crippen LogP contribution in [0, 0.1) is 0 Å². The van der Waals surface area contributed by atoms with Crippen LogP contribution >= 0.6 is 0 Å². The highest BCUT2D eigenvalue weighted by Gasteiger charge is 2.30. The number of hydrogen-bond acceptors (Lipinski definition) is 5. The largest absolute Gasteiger partial charge is 0.353 e. The van der Waals surface area contributed by atoms with Gasteiger partial charge in [0.25, 0.3) is 0 Å². The number of nitrogens with one attached hydrogen (secondary N) is 2. The Balaban J connectivity index is 1.69. The number of nitrogens with zero attached hydrogens (tertiary/aromatic N) is 2. The SMILES string of the molecule is CC(N)(C(=O)Nc1ccc(N2CCNC(=O)C2)nc1)c1ccccc1. The number of amides is 2. The van der Waals surface area contributed by atoms with Gasteiger partial charge in [0, 0.05) is 13.1 Å². The Labute approximate surface area is 146 Å². The quantitative estimate of drug-likeness (QED) is 0.766. The topological polar surface area (TPSA) is 100 Å². The molecule has 4 N–H and O–H groups in total. The van der Waals surface area contributed by atoms with Crippen LogP contribution in [-0.4, -0.2) is 36.4 Å². The van der Waals surface area contributed by atoms with Gasteiger partial charge in [-0.2, -0.15) is 0 Å². The second-order valence-electron chi connectivity index (χ2n) is 6.20. The molecule has 0 saturated carbocycles. The summed E-state index contributed by atoms with van der Waals surface area (Å²) in [5.74, 6) is 0.365. The van der Waals surface area contributed by atoms with Crippen LogP contribution < -0.4 is 21.3 Å². The molecule has 0 radical (unpaired) electrons. The minimum atomic E-state index is -1.15. The number of pyridine rings is 1. The first kappa shape index (κ1) is 16.9. The zero-order valence-corrected chi connectivity index (χ0v) is 14.0. The smallest absolute Gasteiger partial charge is 0.248 e. The third kappa shape index (κ3) is 3.77. The van der Waals surface area contributed by atoms with Crippen molar-refractivity contribution in [1.29, 1.82) is 0 Å². The molecule has 1 aliphatic heterocycles. The molecule has 0 spiro atoms. The molecule has 3 rings (SSSR count). The summed E-state index contributed by atoms with van der Waals surface area (Å²) in [5.41, 5.74) is 6.35. The molecule has 7 heteroatoms. The van der Waals surface area contributed by atoms with Crippen molar-refractivity contribution in [2.75, 3.05) is 29.9 Å². The molecule has 7 nitrogen and oxygen atoms in total. The van der Waals surface area contributed by atoms with E-state index in [1.54, 1.807) is 25.3 Å². The second-order valence-corrected chi connectivity index (χ2v) is 6.20. The third-order valence-corrected chi connectivity index (χ3v) is 4.21. The highest BCUT2D eigenvalue weighted by atomic mass is 16.2. The lowest BCUT2D eigenvalue weighted by Crippen LogP contribution is -2.48. The number of benzene rings is 1. The molecule has 1 saturated heterocycles. The predicted molar refractivity (Wildman–Crippen MR) is 96.1 cm³/mol. The van der Waals surface area contributed by atoms with Crippen molar-refractivity contribution in [3.05, 3.63) is 54.2 Å². The molecule has 130 valence electrons. The minimum absolute atomic E-state index is 0.0211. The summed E-state index contributed by atoms with van der Waals surface area (Å²) in [7, 11) is 0. The normalized spacial score (nSPS) is 16.7. The van der Waals surface area contributed by atoms with Gasteiger partial charge in [-0.05, 0) is 24.6 Å². The van der Waals surface area contributed by atoms with Crippen molar-refractivity contribution in [3.8, 4) is 0 Å². The highest BCUT2D eigenvalue weighted by Crippen LogP contribution is 2.21. The molecule has 1 unspecified atom stereocenters. The van der Waals surface area contributed by atoms with Crippen LogP contribution in [0.25, 0.3) is 0 Å². The first-order chi connectivity index (χ1) is 12.0. The highest BCUT2D eigenvalue weighted by molar-refractivity contribution is 5.98. The van der Waals surface area contributed by atoms with E-state index in [2.05, 4.69) is 15.6 Å². The fourth-order valence-corrected chi connectivity index (χ4v) is 2.66. The molecular formula is C18H21N5O2. The van der Waals surface area contributed by atoms with Gasteiger partial charge in [0.2, 0.25) is 11.8 Å². The number of hydrogen-bond donors (Lipinski definition) is 3. The van der Waals surface area contributed by atoms with Crippen LogP contribution in [0.3, 0.4) is 0 Å². The number of rotatable bonds is 4. The molecule has 2 heterocycles. The number of carbonyl (C=O) groups excluding carboxylic acids is 2. The average molecular weight is 339 g/mol. The number of carbonyl (C=O) groups is 2. The summed E-state index contributed by atoms with van der Waals surface area (Å²) in [6.07, 6.45) is 1.57. The standard InChI is InChI=1S/C18H21N5O2/c1-18(19,13-5-3-2-4-6-13)17(25)22-14-7-8-15(21-11-14)23-10-9-20-16(24)12-23/h2-8,11H,9-10,12,19H2,1H3,(H,20,24)(H,22,25). The Kier molecular flexibility index (Phi) is 4.67. The second kappa shape index (κ2) is 6.90. The van der Waals surface area contributed by atoms with E-state index in [9.17, 15) is 9.59 Å². The van der Waals surface area contributed by atoms with Gasteiger partial charge in [-0.25, -0.2) is 4.98 Å². The van der Waals surface area contributed by atoms with E-state index < -0.39 is 5.54 Å². The van der Waals surface area contributed by atoms with E-state index in [-0.39, 0.29) is 18.4 Å². The molecule has 2 aromatic rings. The maximum atomic E-state index is 12.5. The molecule has 1 aromatic carbocycles. The van der Waals surface area contributed by atoms with Gasteiger partial charge < -0.3 is 21.3 Å². The number of aromatic nitrogens is 1. The third-order valence-electron chi connectivity index (χ3n) is 4.21. The van der Waals surface area contributed by atoms with Gasteiger partial charge in [-0.1, -0.05) is 30.3 Å². The minimum Gasteiger partial charge on any atom is -0.353 e. The molecule has 2 amide bonds. The van der Waals surface area contributed by atoms with Gasteiger partial charge >= 0.3 is 0 Å². The summed E-state index contributed by atoms with van der Waals surface area (Å²) in [4.78, 5) is 30.2. The van der Waals surface area contributed by atoms with Crippen LogP contribution in [0.5, 0.6) is 0 Å². The monoisotopic (exact) mass is 339 g/mol. The summed E-state index contributed by atoms with van der Waals surface area (Å²) in [6.45, 7) is 3.26. The zero-order valence-electron chi connectivity index (χ0n) is 14.0. The lowest BCUT2D eigenvalue weighted by atomic mass is 9.92. The first-order valence-corrected chi connectivity index (χ1v) is 8.10. The number of nitrogens with two attached hydrogens (primary N) is 1. The van der Waals surface area contributed by atoms with Gasteiger partial charge in [-0.15, -0.1) is 0 Å².